The number of fused-ring (bicyclic) bond motifs is 13. The molecule has 0 saturated heterocycles. The van der Waals surface area contributed by atoms with Crippen molar-refractivity contribution in [2.24, 2.45) is 0 Å². The van der Waals surface area contributed by atoms with Crippen LogP contribution in [0.15, 0.2) is 474 Å². The van der Waals surface area contributed by atoms with Crippen LogP contribution < -0.4 is 0 Å². The SMILES string of the molecule is c1ccc(-c2cc(-c3ccc(-c4c5ccccc5nc5c4ccc4cccnc45)cc3)cc(-c3ccccn3)c2)nc1.c1ccc(-c2cc(-c3ccc4cc(-c5c6ccccc6nc6c5ccc5cccnc56)ccc4c3)cc(-c3ccccn3)c2)nc1.c1ccc(-c2ccc3ccc4c(-c5ccc(-c6cc(-c7ccccn7)cc(-c7ccccn7)c6)cc5)c5ccccc5nc4c3n2)cc1. The Balaban J connectivity index is 0.000000112. The molecule has 634 valence electrons. The first-order valence-electron chi connectivity index (χ1n) is 45.4. The zero-order chi connectivity index (χ0) is 90.2. The van der Waals surface area contributed by atoms with Gasteiger partial charge >= 0.3 is 0 Å². The topological polar surface area (TPSA) is 155 Å². The molecule has 0 aliphatic heterocycles. The second kappa shape index (κ2) is 35.4. The van der Waals surface area contributed by atoms with E-state index in [1.807, 2.05) is 189 Å². The molecule has 26 aromatic rings. The first-order chi connectivity index (χ1) is 67.4. The highest BCUT2D eigenvalue weighted by molar-refractivity contribution is 6.19. The fourth-order valence-corrected chi connectivity index (χ4v) is 18.9. The summed E-state index contributed by atoms with van der Waals surface area (Å²) in [7, 11) is 0. The van der Waals surface area contributed by atoms with E-state index in [2.05, 4.69) is 315 Å². The van der Waals surface area contributed by atoms with Crippen LogP contribution in [0.1, 0.15) is 0 Å². The summed E-state index contributed by atoms with van der Waals surface area (Å²) in [5.41, 5.74) is 36.1. The van der Waals surface area contributed by atoms with Crippen LogP contribution in [0, 0.1) is 0 Å². The highest BCUT2D eigenvalue weighted by Crippen LogP contribution is 2.45. The molecule has 0 amide bonds. The monoisotopic (exact) mass is 1730 g/mol. The summed E-state index contributed by atoms with van der Waals surface area (Å²) in [5.74, 6) is 0. The van der Waals surface area contributed by atoms with E-state index in [9.17, 15) is 0 Å². The van der Waals surface area contributed by atoms with E-state index in [1.165, 1.54) is 21.9 Å². The molecule has 14 aromatic carbocycles. The van der Waals surface area contributed by atoms with E-state index in [-0.39, 0.29) is 0 Å². The summed E-state index contributed by atoms with van der Waals surface area (Å²) in [6.07, 6.45) is 14.7. The van der Waals surface area contributed by atoms with Gasteiger partial charge in [-0.25, -0.2) is 19.9 Å². The molecule has 12 heterocycles. The molecule has 0 atom stereocenters. The van der Waals surface area contributed by atoms with Gasteiger partial charge in [0.05, 0.1) is 89.5 Å². The third kappa shape index (κ3) is 15.7. The molecule has 12 aromatic heterocycles. The summed E-state index contributed by atoms with van der Waals surface area (Å²) in [6, 6.07) is 148. The van der Waals surface area contributed by atoms with Gasteiger partial charge in [0.15, 0.2) is 0 Å². The molecule has 0 bridgehead atoms. The largest absolute Gasteiger partial charge is 0.256 e. The quantitative estimate of drug-likeness (QED) is 0.0797. The van der Waals surface area contributed by atoms with E-state index in [0.29, 0.717) is 0 Å². The van der Waals surface area contributed by atoms with Gasteiger partial charge < -0.3 is 0 Å². The number of benzene rings is 14. The Morgan fingerprint density at radius 1 is 0.118 bits per heavy atom. The van der Waals surface area contributed by atoms with Crippen LogP contribution in [0.2, 0.25) is 0 Å². The molecule has 0 aliphatic rings. The predicted molar refractivity (Wildman–Crippen MR) is 559 cm³/mol. The Labute approximate surface area is 783 Å². The lowest BCUT2D eigenvalue weighted by atomic mass is 9.92. The Bertz CT molecular complexity index is 8890. The molecule has 136 heavy (non-hydrogen) atoms. The lowest BCUT2D eigenvalue weighted by Gasteiger charge is -2.14. The van der Waals surface area contributed by atoms with Gasteiger partial charge in [-0.2, -0.15) is 0 Å². The number of rotatable bonds is 13. The van der Waals surface area contributed by atoms with Crippen molar-refractivity contribution in [2.75, 3.05) is 0 Å². The Kier molecular flexibility index (Phi) is 21.0. The number of aromatic nitrogens is 12. The molecule has 0 unspecified atom stereocenters. The average molecular weight is 1740 g/mol. The average Bonchev–Trinajstić information content (AvgIpc) is 0.744. The van der Waals surface area contributed by atoms with Crippen LogP contribution >= 0.6 is 0 Å². The third-order valence-corrected chi connectivity index (χ3v) is 25.5. The fourth-order valence-electron chi connectivity index (χ4n) is 18.9. The van der Waals surface area contributed by atoms with Crippen molar-refractivity contribution >= 4 is 109 Å². The zero-order valence-corrected chi connectivity index (χ0v) is 73.4. The molecule has 0 radical (unpaired) electrons. The van der Waals surface area contributed by atoms with E-state index in [4.69, 9.17) is 29.9 Å². The Morgan fingerprint density at radius 2 is 0.397 bits per heavy atom. The highest BCUT2D eigenvalue weighted by Gasteiger charge is 2.22. The highest BCUT2D eigenvalue weighted by atomic mass is 14.8. The van der Waals surface area contributed by atoms with Gasteiger partial charge in [0, 0.05) is 154 Å². The van der Waals surface area contributed by atoms with Gasteiger partial charge in [-0.15, -0.1) is 0 Å². The minimum absolute atomic E-state index is 0.908. The lowest BCUT2D eigenvalue weighted by molar-refractivity contribution is 1.31. The molecular weight excluding hydrogens is 1660 g/mol. The van der Waals surface area contributed by atoms with Crippen molar-refractivity contribution in [1.82, 2.24) is 59.8 Å². The number of para-hydroxylation sites is 3. The molecule has 26 rings (SSSR count). The Morgan fingerprint density at radius 3 is 0.772 bits per heavy atom. The van der Waals surface area contributed by atoms with E-state index < -0.39 is 0 Å². The Hall–Kier alpha value is -18.5. The van der Waals surface area contributed by atoms with Crippen molar-refractivity contribution in [3.8, 4) is 146 Å². The number of pyridine rings is 12. The van der Waals surface area contributed by atoms with E-state index >= 15 is 0 Å². The fraction of sp³-hybridized carbons (Fsp3) is 0. The molecule has 0 fully saturated rings. The van der Waals surface area contributed by atoms with Crippen molar-refractivity contribution in [2.45, 2.75) is 0 Å². The first-order valence-corrected chi connectivity index (χ1v) is 45.4. The minimum atomic E-state index is 0.908. The summed E-state index contributed by atoms with van der Waals surface area (Å²) in [5, 5.41) is 12.3. The van der Waals surface area contributed by atoms with Crippen LogP contribution in [0.3, 0.4) is 0 Å². The molecular formula is C124H78N12. The van der Waals surface area contributed by atoms with Crippen LogP contribution in [0.5, 0.6) is 0 Å². The van der Waals surface area contributed by atoms with Crippen molar-refractivity contribution in [3.05, 3.63) is 474 Å². The summed E-state index contributed by atoms with van der Waals surface area (Å²) in [6.45, 7) is 0. The lowest BCUT2D eigenvalue weighted by Crippen LogP contribution is -1.93. The number of hydrogen-bond acceptors (Lipinski definition) is 12. The van der Waals surface area contributed by atoms with Gasteiger partial charge in [-0.05, 0) is 237 Å². The maximum Gasteiger partial charge on any atom is 0.0978 e. The molecule has 12 heteroatoms. The van der Waals surface area contributed by atoms with Gasteiger partial charge in [-0.3, -0.25) is 39.9 Å². The normalized spacial score (nSPS) is 11.4. The molecule has 0 N–H and O–H groups in total. The maximum atomic E-state index is 5.19. The second-order valence-corrected chi connectivity index (χ2v) is 33.8. The predicted octanol–water partition coefficient (Wildman–Crippen LogP) is 31.0. The maximum absolute atomic E-state index is 5.19. The zero-order valence-electron chi connectivity index (χ0n) is 73.4. The summed E-state index contributed by atoms with van der Waals surface area (Å²) >= 11 is 0. The van der Waals surface area contributed by atoms with Gasteiger partial charge in [0.1, 0.15) is 0 Å². The number of hydrogen-bond donors (Lipinski definition) is 0. The van der Waals surface area contributed by atoms with Gasteiger partial charge in [0.25, 0.3) is 0 Å². The van der Waals surface area contributed by atoms with Crippen molar-refractivity contribution in [3.63, 3.8) is 0 Å². The van der Waals surface area contributed by atoms with Crippen LogP contribution in [-0.2, 0) is 0 Å². The summed E-state index contributed by atoms with van der Waals surface area (Å²) < 4.78 is 0. The molecule has 12 nitrogen and oxygen atoms in total. The van der Waals surface area contributed by atoms with Gasteiger partial charge in [0.2, 0.25) is 0 Å². The van der Waals surface area contributed by atoms with Crippen LogP contribution in [0.4, 0.5) is 0 Å². The first kappa shape index (κ1) is 80.8. The smallest absolute Gasteiger partial charge is 0.0978 e. The van der Waals surface area contributed by atoms with E-state index in [0.717, 1.165) is 233 Å². The van der Waals surface area contributed by atoms with Crippen LogP contribution in [0.25, 0.3) is 254 Å². The molecule has 0 spiro atoms. The van der Waals surface area contributed by atoms with Crippen molar-refractivity contribution < 1.29 is 0 Å². The molecule has 0 saturated carbocycles. The number of nitrogens with zero attached hydrogens (tertiary/aromatic N) is 12. The van der Waals surface area contributed by atoms with E-state index in [1.54, 1.807) is 0 Å². The van der Waals surface area contributed by atoms with Crippen molar-refractivity contribution in [1.29, 1.82) is 0 Å². The summed E-state index contributed by atoms with van der Waals surface area (Å²) in [4.78, 5) is 57.7. The van der Waals surface area contributed by atoms with Crippen LogP contribution in [-0.4, -0.2) is 59.8 Å². The molecule has 0 aliphatic carbocycles. The van der Waals surface area contributed by atoms with Gasteiger partial charge in [-0.1, -0.05) is 249 Å². The standard InChI is InChI=1S/C44H28N4.C42H26N4.C38H24N4/c1-2-10-30(11-3-1)40-23-21-32-20-22-37-42(36-12-4-5-15-41(36)48-44(37)43(32)47-40)31-18-16-29(17-19-31)33-26-34(38-13-6-8-24-45-38)28-35(27-33)39-14-7-9-25-46-39;1-2-12-39-35(9-1)40(36-18-17-27-8-7-21-45-41(27)42(36)46-39)31-16-15-28-22-30(14-13-29(28)23-31)32-24-33(37-10-3-5-19-43-37)26-34(25-32)38-11-4-6-20-44-38;1-2-12-35-31(9-1)36(32-18-17-27-8-7-21-41-37(27)38(32)42-35)26-15-13-25(14-16-26)28-22-29(33-10-3-5-19-39-33)24-30(23-28)34-11-4-6-20-40-34/h1-28H;1-26H;1-24H. The minimum Gasteiger partial charge on any atom is -0.256 e. The second-order valence-electron chi connectivity index (χ2n) is 33.8. The third-order valence-electron chi connectivity index (χ3n) is 25.5.